The zero-order valence-corrected chi connectivity index (χ0v) is 11.3. The summed E-state index contributed by atoms with van der Waals surface area (Å²) in [5.41, 5.74) is 2.30. The molecule has 0 unspecified atom stereocenters. The SMILES string of the molecule is Cc1cccc2c1n(C)c(=O)n2[C@H]1CCC(=O)NC1=O. The Labute approximate surface area is 115 Å². The maximum Gasteiger partial charge on any atom is 0.329 e. The van der Waals surface area contributed by atoms with Crippen molar-refractivity contribution < 1.29 is 9.59 Å². The lowest BCUT2D eigenvalue weighted by molar-refractivity contribution is -0.135. The zero-order chi connectivity index (χ0) is 14.4. The van der Waals surface area contributed by atoms with Crippen LogP contribution in [0.2, 0.25) is 0 Å². The average molecular weight is 273 g/mol. The Hall–Kier alpha value is -2.37. The number of carbonyl (C=O) groups is 2. The fourth-order valence-corrected chi connectivity index (χ4v) is 2.86. The molecule has 1 N–H and O–H groups in total. The van der Waals surface area contributed by atoms with Crippen molar-refractivity contribution in [3.8, 4) is 0 Å². The maximum absolute atomic E-state index is 12.4. The number of rotatable bonds is 1. The fraction of sp³-hybridized carbons (Fsp3) is 0.357. The lowest BCUT2D eigenvalue weighted by atomic mass is 10.1. The minimum absolute atomic E-state index is 0.233. The van der Waals surface area contributed by atoms with Crippen molar-refractivity contribution in [2.45, 2.75) is 25.8 Å². The molecule has 3 rings (SSSR count). The van der Waals surface area contributed by atoms with Crippen molar-refractivity contribution in [3.63, 3.8) is 0 Å². The van der Waals surface area contributed by atoms with Gasteiger partial charge in [-0.15, -0.1) is 0 Å². The van der Waals surface area contributed by atoms with Crippen molar-refractivity contribution in [1.82, 2.24) is 14.5 Å². The molecule has 1 aliphatic heterocycles. The fourth-order valence-electron chi connectivity index (χ4n) is 2.86. The van der Waals surface area contributed by atoms with Crippen LogP contribution in [0.1, 0.15) is 24.4 Å². The second-order valence-corrected chi connectivity index (χ2v) is 5.12. The standard InChI is InChI=1S/C14H15N3O3/c1-8-4-3-5-9-12(8)16(2)14(20)17(9)10-6-7-11(18)15-13(10)19/h3-5,10H,6-7H2,1-2H3,(H,15,18,19)/t10-/m0/s1. The summed E-state index contributed by atoms with van der Waals surface area (Å²) in [5.74, 6) is -0.687. The van der Waals surface area contributed by atoms with E-state index in [9.17, 15) is 14.4 Å². The summed E-state index contributed by atoms with van der Waals surface area (Å²) in [6, 6.07) is 4.99. The van der Waals surface area contributed by atoms with Crippen molar-refractivity contribution in [2.24, 2.45) is 7.05 Å². The Morgan fingerprint density at radius 2 is 2.00 bits per heavy atom. The molecule has 1 aromatic carbocycles. The van der Waals surface area contributed by atoms with E-state index in [-0.39, 0.29) is 18.0 Å². The van der Waals surface area contributed by atoms with Crippen LogP contribution in [0.25, 0.3) is 11.0 Å². The smallest absolute Gasteiger partial charge is 0.295 e. The summed E-state index contributed by atoms with van der Waals surface area (Å²) < 4.78 is 3.04. The number of nitrogens with zero attached hydrogens (tertiary/aromatic N) is 2. The van der Waals surface area contributed by atoms with E-state index in [0.717, 1.165) is 16.6 Å². The van der Waals surface area contributed by atoms with Gasteiger partial charge in [0.2, 0.25) is 11.8 Å². The molecule has 1 fully saturated rings. The number of benzene rings is 1. The highest BCUT2D eigenvalue weighted by molar-refractivity contribution is 6.00. The maximum atomic E-state index is 12.4. The first kappa shape index (κ1) is 12.7. The second-order valence-electron chi connectivity index (χ2n) is 5.12. The van der Waals surface area contributed by atoms with Crippen LogP contribution in [0, 0.1) is 6.92 Å². The summed E-state index contributed by atoms with van der Waals surface area (Å²) in [5, 5.41) is 2.30. The van der Waals surface area contributed by atoms with E-state index in [1.165, 1.54) is 4.57 Å². The monoisotopic (exact) mass is 273 g/mol. The molecule has 20 heavy (non-hydrogen) atoms. The molecule has 104 valence electrons. The van der Waals surface area contributed by atoms with Gasteiger partial charge in [-0.25, -0.2) is 4.79 Å². The predicted octanol–water partition coefficient (Wildman–Crippen LogP) is 0.626. The van der Waals surface area contributed by atoms with E-state index in [4.69, 9.17) is 0 Å². The molecule has 6 nitrogen and oxygen atoms in total. The summed E-state index contributed by atoms with van der Waals surface area (Å²) in [7, 11) is 1.69. The molecule has 2 amide bonds. The molecular weight excluding hydrogens is 258 g/mol. The van der Waals surface area contributed by atoms with Crippen molar-refractivity contribution in [2.75, 3.05) is 0 Å². The molecule has 0 aliphatic carbocycles. The van der Waals surface area contributed by atoms with Crippen molar-refractivity contribution in [1.29, 1.82) is 0 Å². The van der Waals surface area contributed by atoms with Gasteiger partial charge in [0.25, 0.3) is 0 Å². The number of carbonyl (C=O) groups excluding carboxylic acids is 2. The Balaban J connectivity index is 2.25. The highest BCUT2D eigenvalue weighted by atomic mass is 16.2. The molecule has 0 radical (unpaired) electrons. The number of imide groups is 1. The molecule has 0 bridgehead atoms. The van der Waals surface area contributed by atoms with Gasteiger partial charge in [0.1, 0.15) is 6.04 Å². The number of aromatic nitrogens is 2. The minimum atomic E-state index is -0.620. The largest absolute Gasteiger partial charge is 0.329 e. The van der Waals surface area contributed by atoms with E-state index in [1.54, 1.807) is 11.6 Å². The van der Waals surface area contributed by atoms with Crippen LogP contribution in [-0.2, 0) is 16.6 Å². The lowest BCUT2D eigenvalue weighted by Crippen LogP contribution is -2.44. The van der Waals surface area contributed by atoms with Gasteiger partial charge in [-0.2, -0.15) is 0 Å². The number of amides is 2. The number of hydrogen-bond donors (Lipinski definition) is 1. The van der Waals surface area contributed by atoms with Crippen molar-refractivity contribution >= 4 is 22.8 Å². The first-order chi connectivity index (χ1) is 9.50. The van der Waals surface area contributed by atoms with Crippen LogP contribution < -0.4 is 11.0 Å². The van der Waals surface area contributed by atoms with E-state index in [0.29, 0.717) is 6.42 Å². The van der Waals surface area contributed by atoms with Gasteiger partial charge in [0, 0.05) is 13.5 Å². The Bertz CT molecular complexity index is 785. The Kier molecular flexibility index (Phi) is 2.74. The topological polar surface area (TPSA) is 73.1 Å². The summed E-state index contributed by atoms with van der Waals surface area (Å²) in [6.45, 7) is 1.93. The number of fused-ring (bicyclic) bond motifs is 1. The van der Waals surface area contributed by atoms with Crippen LogP contribution in [-0.4, -0.2) is 20.9 Å². The number of hydrogen-bond acceptors (Lipinski definition) is 3. The van der Waals surface area contributed by atoms with Crippen LogP contribution in [0.3, 0.4) is 0 Å². The highest BCUT2D eigenvalue weighted by Crippen LogP contribution is 2.24. The minimum Gasteiger partial charge on any atom is -0.295 e. The normalized spacial score (nSPS) is 19.4. The lowest BCUT2D eigenvalue weighted by Gasteiger charge is -2.21. The van der Waals surface area contributed by atoms with Gasteiger partial charge in [0.05, 0.1) is 11.0 Å². The molecule has 2 heterocycles. The van der Waals surface area contributed by atoms with Gasteiger partial charge < -0.3 is 0 Å². The van der Waals surface area contributed by atoms with E-state index in [2.05, 4.69) is 5.32 Å². The third-order valence-corrected chi connectivity index (χ3v) is 3.83. The summed E-state index contributed by atoms with van der Waals surface area (Å²) >= 11 is 0. The van der Waals surface area contributed by atoms with Gasteiger partial charge in [-0.3, -0.25) is 24.0 Å². The number of nitrogens with one attached hydrogen (secondary N) is 1. The number of piperidine rings is 1. The van der Waals surface area contributed by atoms with Crippen LogP contribution in [0.5, 0.6) is 0 Å². The number of imidazole rings is 1. The molecule has 1 saturated heterocycles. The first-order valence-electron chi connectivity index (χ1n) is 6.51. The molecule has 0 saturated carbocycles. The van der Waals surface area contributed by atoms with E-state index < -0.39 is 11.9 Å². The second kappa shape index (κ2) is 4.33. The molecule has 6 heteroatoms. The van der Waals surface area contributed by atoms with E-state index in [1.807, 2.05) is 25.1 Å². The zero-order valence-electron chi connectivity index (χ0n) is 11.3. The third kappa shape index (κ3) is 1.68. The molecule has 1 atom stereocenters. The molecular formula is C14H15N3O3. The molecule has 2 aromatic rings. The Morgan fingerprint density at radius 3 is 2.70 bits per heavy atom. The van der Waals surface area contributed by atoms with E-state index >= 15 is 0 Å². The van der Waals surface area contributed by atoms with Gasteiger partial charge in [0.15, 0.2) is 0 Å². The quantitative estimate of drug-likeness (QED) is 0.774. The predicted molar refractivity (Wildman–Crippen MR) is 73.3 cm³/mol. The van der Waals surface area contributed by atoms with Crippen LogP contribution >= 0.6 is 0 Å². The third-order valence-electron chi connectivity index (χ3n) is 3.83. The van der Waals surface area contributed by atoms with Crippen molar-refractivity contribution in [3.05, 3.63) is 34.2 Å². The Morgan fingerprint density at radius 1 is 1.25 bits per heavy atom. The summed E-state index contributed by atoms with van der Waals surface area (Å²) in [4.78, 5) is 35.7. The number of para-hydroxylation sites is 1. The average Bonchev–Trinajstić information content (AvgIpc) is 2.64. The summed E-state index contributed by atoms with van der Waals surface area (Å²) in [6.07, 6.45) is 0.614. The van der Waals surface area contributed by atoms with Gasteiger partial charge >= 0.3 is 5.69 Å². The molecule has 1 aliphatic rings. The first-order valence-corrected chi connectivity index (χ1v) is 6.51. The van der Waals surface area contributed by atoms with Crippen LogP contribution in [0.15, 0.2) is 23.0 Å². The van der Waals surface area contributed by atoms with Crippen LogP contribution in [0.4, 0.5) is 0 Å². The highest BCUT2D eigenvalue weighted by Gasteiger charge is 2.31. The van der Waals surface area contributed by atoms with Gasteiger partial charge in [-0.05, 0) is 25.0 Å². The van der Waals surface area contributed by atoms with Gasteiger partial charge in [-0.1, -0.05) is 12.1 Å². The molecule has 1 aromatic heterocycles. The molecule has 0 spiro atoms. The number of aryl methyl sites for hydroxylation is 2.